The molecule has 0 amide bonds. The molecule has 74 valence electrons. The quantitative estimate of drug-likeness (QED) is 0.646. The van der Waals surface area contributed by atoms with Crippen molar-refractivity contribution >= 4 is 20.1 Å². The van der Waals surface area contributed by atoms with Crippen LogP contribution in [0.4, 0.5) is 5.69 Å². The van der Waals surface area contributed by atoms with Crippen LogP contribution in [0.3, 0.4) is 0 Å². The van der Waals surface area contributed by atoms with Crippen molar-refractivity contribution in [2.24, 2.45) is 0 Å². The van der Waals surface area contributed by atoms with Crippen LogP contribution in [0, 0.1) is 6.92 Å². The molecule has 2 aromatic rings. The molecule has 15 heavy (non-hydrogen) atoms. The zero-order valence-electron chi connectivity index (χ0n) is 8.59. The molecule has 0 atom stereocenters. The second kappa shape index (κ2) is 3.32. The molecular formula is C12H12N2P+. The molecule has 1 aliphatic rings. The Bertz CT molecular complexity index is 526. The number of para-hydroxylation sites is 1. The predicted octanol–water partition coefficient (Wildman–Crippen LogP) is 3.11. The number of nitrogens with zero attached hydrogens (tertiary/aromatic N) is 2. The van der Waals surface area contributed by atoms with Crippen LogP contribution in [0.15, 0.2) is 36.1 Å². The van der Waals surface area contributed by atoms with Crippen molar-refractivity contribution in [3.63, 3.8) is 0 Å². The van der Waals surface area contributed by atoms with Crippen molar-refractivity contribution in [2.45, 2.75) is 13.6 Å². The molecule has 0 radical (unpaired) electrons. The summed E-state index contributed by atoms with van der Waals surface area (Å²) in [5.74, 6) is 2.26. The molecule has 0 unspecified atom stereocenters. The second-order valence-corrected chi connectivity index (χ2v) is 4.74. The van der Waals surface area contributed by atoms with Crippen LogP contribution >= 0.6 is 8.19 Å². The maximum Gasteiger partial charge on any atom is 0.228 e. The third-order valence-electron chi connectivity index (χ3n) is 2.74. The fourth-order valence-corrected chi connectivity index (χ4v) is 2.90. The van der Waals surface area contributed by atoms with Crippen LogP contribution in [0.25, 0.3) is 0 Å². The van der Waals surface area contributed by atoms with Crippen LogP contribution in [-0.2, 0) is 6.67 Å². The van der Waals surface area contributed by atoms with Crippen molar-refractivity contribution in [3.05, 3.63) is 47.2 Å². The average Bonchev–Trinajstić information content (AvgIpc) is 2.83. The van der Waals surface area contributed by atoms with Gasteiger partial charge in [0.1, 0.15) is 5.43 Å². The summed E-state index contributed by atoms with van der Waals surface area (Å²) >= 11 is 0. The first-order valence-corrected chi connectivity index (χ1v) is 5.99. The average molecular weight is 215 g/mol. The molecular weight excluding hydrogens is 203 g/mol. The molecule has 0 aliphatic carbocycles. The fraction of sp³-hybridized carbons (Fsp3) is 0.167. The van der Waals surface area contributed by atoms with Gasteiger partial charge in [-0.3, -0.25) is 4.57 Å². The lowest BCUT2D eigenvalue weighted by atomic mass is 10.3. The highest BCUT2D eigenvalue weighted by molar-refractivity contribution is 7.31. The number of rotatable bonds is 1. The third kappa shape index (κ3) is 1.42. The highest BCUT2D eigenvalue weighted by Crippen LogP contribution is 2.24. The molecule has 3 heteroatoms. The lowest BCUT2D eigenvalue weighted by Crippen LogP contribution is -2.05. The molecule has 3 rings (SSSR count). The number of aromatic nitrogens is 1. The SMILES string of the molecule is Cc1cpc2n1C[N+](c1ccccc1)=C2. The van der Waals surface area contributed by atoms with Gasteiger partial charge in [-0.05, 0) is 20.9 Å². The summed E-state index contributed by atoms with van der Waals surface area (Å²) in [5, 5.41) is 0. The van der Waals surface area contributed by atoms with E-state index in [-0.39, 0.29) is 0 Å². The Morgan fingerprint density at radius 3 is 2.80 bits per heavy atom. The minimum atomic E-state index is 0.953. The first-order valence-electron chi connectivity index (χ1n) is 5.03. The van der Waals surface area contributed by atoms with Crippen LogP contribution < -0.4 is 0 Å². The van der Waals surface area contributed by atoms with Gasteiger partial charge < -0.3 is 0 Å². The molecule has 2 nitrogen and oxygen atoms in total. The third-order valence-corrected chi connectivity index (χ3v) is 3.86. The van der Waals surface area contributed by atoms with E-state index in [1.807, 2.05) is 0 Å². The normalized spacial score (nSPS) is 14.3. The summed E-state index contributed by atoms with van der Waals surface area (Å²) in [4.78, 5) is 0. The minimum absolute atomic E-state index is 0.953. The maximum atomic E-state index is 2.36. The summed E-state index contributed by atoms with van der Waals surface area (Å²) in [6.07, 6.45) is 2.24. The summed E-state index contributed by atoms with van der Waals surface area (Å²) < 4.78 is 4.65. The van der Waals surface area contributed by atoms with E-state index in [1.54, 1.807) is 0 Å². The van der Waals surface area contributed by atoms with Gasteiger partial charge in [0.05, 0.1) is 0 Å². The van der Waals surface area contributed by atoms with Crippen LogP contribution in [0.5, 0.6) is 0 Å². The van der Waals surface area contributed by atoms with E-state index in [0.29, 0.717) is 0 Å². The Labute approximate surface area is 90.6 Å². The van der Waals surface area contributed by atoms with Gasteiger partial charge in [0, 0.05) is 17.8 Å². The Kier molecular flexibility index (Phi) is 1.96. The molecule has 0 fully saturated rings. The zero-order valence-corrected chi connectivity index (χ0v) is 9.48. The molecule has 0 saturated heterocycles. The Morgan fingerprint density at radius 1 is 1.27 bits per heavy atom. The standard InChI is InChI=1S/C12H12N2P/c1-10-8-15-12-7-13(9-14(10)12)11-5-3-2-4-6-11/h2-8H,9H2,1H3/q+1. The molecule has 2 heterocycles. The van der Waals surface area contributed by atoms with Crippen molar-refractivity contribution in [2.75, 3.05) is 0 Å². The van der Waals surface area contributed by atoms with E-state index < -0.39 is 0 Å². The largest absolute Gasteiger partial charge is 0.280 e. The molecule has 0 spiro atoms. The summed E-state index contributed by atoms with van der Waals surface area (Å²) in [5.41, 5.74) is 4.01. The van der Waals surface area contributed by atoms with Gasteiger partial charge in [-0.25, -0.2) is 0 Å². The van der Waals surface area contributed by atoms with Crippen LogP contribution in [0.2, 0.25) is 0 Å². The molecule has 0 saturated carbocycles. The van der Waals surface area contributed by atoms with Crippen LogP contribution in [0.1, 0.15) is 11.1 Å². The van der Waals surface area contributed by atoms with Crippen molar-refractivity contribution in [1.29, 1.82) is 0 Å². The second-order valence-electron chi connectivity index (χ2n) is 3.76. The van der Waals surface area contributed by atoms with Gasteiger partial charge in [0.25, 0.3) is 0 Å². The predicted molar refractivity (Wildman–Crippen MR) is 63.2 cm³/mol. The number of hydrogen-bond acceptors (Lipinski definition) is 0. The van der Waals surface area contributed by atoms with E-state index >= 15 is 0 Å². The smallest absolute Gasteiger partial charge is 0.228 e. The van der Waals surface area contributed by atoms with Gasteiger partial charge in [-0.2, -0.15) is 4.58 Å². The highest BCUT2D eigenvalue weighted by atomic mass is 31.0. The Balaban J connectivity index is 2.01. The summed E-state index contributed by atoms with van der Waals surface area (Å²) in [6, 6.07) is 10.5. The van der Waals surface area contributed by atoms with E-state index in [0.717, 1.165) is 6.67 Å². The number of benzene rings is 1. The van der Waals surface area contributed by atoms with Gasteiger partial charge in [0.2, 0.25) is 12.4 Å². The summed E-state index contributed by atoms with van der Waals surface area (Å²) in [6.45, 7) is 3.12. The zero-order chi connectivity index (χ0) is 10.3. The minimum Gasteiger partial charge on any atom is -0.280 e. The first kappa shape index (κ1) is 8.87. The van der Waals surface area contributed by atoms with E-state index in [1.165, 1.54) is 25.0 Å². The maximum absolute atomic E-state index is 2.36. The lowest BCUT2D eigenvalue weighted by Gasteiger charge is -1.99. The Hall–Kier alpha value is -1.40. The Morgan fingerprint density at radius 2 is 2.07 bits per heavy atom. The van der Waals surface area contributed by atoms with Crippen molar-refractivity contribution in [1.82, 2.24) is 4.57 Å². The van der Waals surface area contributed by atoms with Crippen LogP contribution in [-0.4, -0.2) is 15.4 Å². The molecule has 0 N–H and O–H groups in total. The fourth-order valence-electron chi connectivity index (χ4n) is 1.87. The summed E-state index contributed by atoms with van der Waals surface area (Å²) in [7, 11) is 1.32. The lowest BCUT2D eigenvalue weighted by molar-refractivity contribution is -0.463. The molecule has 0 bridgehead atoms. The number of aryl methyl sites for hydroxylation is 1. The van der Waals surface area contributed by atoms with Gasteiger partial charge in [-0.1, -0.05) is 18.2 Å². The molecule has 1 aromatic heterocycles. The molecule has 1 aromatic carbocycles. The first-order chi connectivity index (χ1) is 7.34. The number of fused-ring (bicyclic) bond motifs is 1. The van der Waals surface area contributed by atoms with Crippen molar-refractivity contribution < 1.29 is 4.58 Å². The number of hydrogen-bond donors (Lipinski definition) is 0. The van der Waals surface area contributed by atoms with E-state index in [9.17, 15) is 0 Å². The van der Waals surface area contributed by atoms with E-state index in [4.69, 9.17) is 0 Å². The van der Waals surface area contributed by atoms with Crippen molar-refractivity contribution in [3.8, 4) is 0 Å². The highest BCUT2D eigenvalue weighted by Gasteiger charge is 2.21. The van der Waals surface area contributed by atoms with Gasteiger partial charge in [-0.15, -0.1) is 0 Å². The monoisotopic (exact) mass is 215 g/mol. The van der Waals surface area contributed by atoms with E-state index in [2.05, 4.69) is 58.4 Å². The molecule has 1 aliphatic heterocycles. The topological polar surface area (TPSA) is 7.94 Å². The van der Waals surface area contributed by atoms with Gasteiger partial charge in [0.15, 0.2) is 6.21 Å². The van der Waals surface area contributed by atoms with Gasteiger partial charge >= 0.3 is 0 Å².